The second-order valence-electron chi connectivity index (χ2n) is 6.44. The Balaban J connectivity index is 2.19. The van der Waals surface area contributed by atoms with Crippen LogP contribution in [0, 0.1) is 0 Å². The van der Waals surface area contributed by atoms with Crippen molar-refractivity contribution in [2.75, 3.05) is 13.7 Å². The molecule has 6 nitrogen and oxygen atoms in total. The van der Waals surface area contributed by atoms with Crippen LogP contribution in [-0.2, 0) is 9.59 Å². The van der Waals surface area contributed by atoms with Gasteiger partial charge in [-0.3, -0.25) is 9.59 Å². The molecule has 2 N–H and O–H groups in total. The van der Waals surface area contributed by atoms with Gasteiger partial charge in [-0.1, -0.05) is 30.7 Å². The highest BCUT2D eigenvalue weighted by atomic mass is 35.5. The summed E-state index contributed by atoms with van der Waals surface area (Å²) in [5.74, 6) is -1.35. The van der Waals surface area contributed by atoms with Crippen LogP contribution in [0.2, 0.25) is 5.02 Å². The Labute approximate surface area is 167 Å². The minimum Gasteiger partial charge on any atom is -0.508 e. The first-order valence-electron chi connectivity index (χ1n) is 8.80. The van der Waals surface area contributed by atoms with Crippen LogP contribution in [0.1, 0.15) is 30.5 Å². The van der Waals surface area contributed by atoms with E-state index in [-0.39, 0.29) is 22.1 Å². The van der Waals surface area contributed by atoms with Gasteiger partial charge in [0.1, 0.15) is 17.3 Å². The molecule has 3 rings (SSSR count). The van der Waals surface area contributed by atoms with Gasteiger partial charge in [-0.15, -0.1) is 0 Å². The van der Waals surface area contributed by atoms with Gasteiger partial charge in [-0.05, 0) is 42.3 Å². The monoisotopic (exact) mass is 401 g/mol. The molecule has 1 heterocycles. The second-order valence-corrected chi connectivity index (χ2v) is 6.84. The van der Waals surface area contributed by atoms with Crippen LogP contribution in [-0.4, -0.2) is 40.5 Å². The summed E-state index contributed by atoms with van der Waals surface area (Å²) in [6, 6.07) is 10.1. The molecule has 0 aromatic heterocycles. The van der Waals surface area contributed by atoms with E-state index in [9.17, 15) is 19.8 Å². The van der Waals surface area contributed by atoms with Gasteiger partial charge in [-0.25, -0.2) is 0 Å². The van der Waals surface area contributed by atoms with E-state index in [4.69, 9.17) is 16.3 Å². The molecular formula is C21H20ClNO5. The molecule has 1 aliphatic heterocycles. The molecule has 146 valence electrons. The largest absolute Gasteiger partial charge is 0.508 e. The van der Waals surface area contributed by atoms with Crippen LogP contribution >= 0.6 is 11.6 Å². The minimum absolute atomic E-state index is 0.00655. The fourth-order valence-corrected chi connectivity index (χ4v) is 3.62. The van der Waals surface area contributed by atoms with Gasteiger partial charge in [0.05, 0.1) is 23.7 Å². The summed E-state index contributed by atoms with van der Waals surface area (Å²) in [6.45, 7) is 2.23. The number of rotatable bonds is 5. The van der Waals surface area contributed by atoms with Crippen molar-refractivity contribution in [3.05, 3.63) is 64.2 Å². The van der Waals surface area contributed by atoms with Crippen LogP contribution < -0.4 is 4.74 Å². The Bertz CT molecular complexity index is 969. The molecule has 0 spiro atoms. The number of likely N-dealkylation sites (tertiary alicyclic amines) is 1. The normalized spacial score (nSPS) is 18.5. The smallest absolute Gasteiger partial charge is 0.295 e. The molecule has 0 aliphatic carbocycles. The number of hydrogen-bond donors (Lipinski definition) is 2. The van der Waals surface area contributed by atoms with E-state index >= 15 is 0 Å². The molecule has 0 saturated carbocycles. The fraction of sp³-hybridized carbons (Fsp3) is 0.238. The van der Waals surface area contributed by atoms with E-state index in [1.165, 1.54) is 30.2 Å². The molecule has 1 amide bonds. The lowest BCUT2D eigenvalue weighted by Gasteiger charge is -2.25. The Kier molecular flexibility index (Phi) is 5.61. The first-order chi connectivity index (χ1) is 13.4. The maximum Gasteiger partial charge on any atom is 0.295 e. The van der Waals surface area contributed by atoms with E-state index in [1.54, 1.807) is 24.3 Å². The lowest BCUT2D eigenvalue weighted by molar-refractivity contribution is -0.139. The number of ketones is 1. The van der Waals surface area contributed by atoms with Gasteiger partial charge in [0.2, 0.25) is 0 Å². The zero-order valence-electron chi connectivity index (χ0n) is 15.5. The number of Topliss-reactive ketones (excluding diaryl/α,β-unsaturated/α-hetero) is 1. The highest BCUT2D eigenvalue weighted by Crippen LogP contribution is 2.40. The van der Waals surface area contributed by atoms with E-state index < -0.39 is 17.7 Å². The SMILES string of the molecule is CCCN1C(=O)C(=O)/C(=C(\O)c2ccc(OC)c(Cl)c2)C1c1cccc(O)c1. The van der Waals surface area contributed by atoms with Gasteiger partial charge in [-0.2, -0.15) is 0 Å². The molecule has 28 heavy (non-hydrogen) atoms. The lowest BCUT2D eigenvalue weighted by Crippen LogP contribution is -2.30. The summed E-state index contributed by atoms with van der Waals surface area (Å²) in [5.41, 5.74) is 0.796. The molecule has 0 bridgehead atoms. The van der Waals surface area contributed by atoms with Crippen LogP contribution in [0.4, 0.5) is 0 Å². The number of aliphatic hydroxyl groups is 1. The van der Waals surface area contributed by atoms with Crippen molar-refractivity contribution in [1.29, 1.82) is 0 Å². The molecular weight excluding hydrogens is 382 g/mol. The molecule has 7 heteroatoms. The number of ether oxygens (including phenoxy) is 1. The number of aromatic hydroxyl groups is 1. The van der Waals surface area contributed by atoms with Crippen molar-refractivity contribution in [1.82, 2.24) is 4.90 Å². The van der Waals surface area contributed by atoms with Crippen LogP contribution in [0.25, 0.3) is 5.76 Å². The Morgan fingerprint density at radius 3 is 2.57 bits per heavy atom. The van der Waals surface area contributed by atoms with Gasteiger partial charge < -0.3 is 19.8 Å². The summed E-state index contributed by atoms with van der Waals surface area (Å²) < 4.78 is 5.11. The number of benzene rings is 2. The number of carbonyl (C=O) groups is 2. The minimum atomic E-state index is -0.798. The van der Waals surface area contributed by atoms with Crippen molar-refractivity contribution in [2.24, 2.45) is 0 Å². The maximum atomic E-state index is 12.8. The van der Waals surface area contributed by atoms with Crippen molar-refractivity contribution >= 4 is 29.1 Å². The summed E-state index contributed by atoms with van der Waals surface area (Å²) in [6.07, 6.45) is 0.636. The topological polar surface area (TPSA) is 87.1 Å². The highest BCUT2D eigenvalue weighted by molar-refractivity contribution is 6.46. The first-order valence-corrected chi connectivity index (χ1v) is 9.18. The third-order valence-electron chi connectivity index (χ3n) is 4.62. The van der Waals surface area contributed by atoms with Crippen LogP contribution in [0.3, 0.4) is 0 Å². The Morgan fingerprint density at radius 2 is 1.96 bits per heavy atom. The van der Waals surface area contributed by atoms with E-state index in [0.29, 0.717) is 29.8 Å². The number of amides is 1. The van der Waals surface area contributed by atoms with Gasteiger partial charge in [0.25, 0.3) is 11.7 Å². The first kappa shape index (κ1) is 19.8. The number of methoxy groups -OCH3 is 1. The maximum absolute atomic E-state index is 12.8. The van der Waals surface area contributed by atoms with Gasteiger partial charge in [0.15, 0.2) is 0 Å². The quantitative estimate of drug-likeness (QED) is 0.451. The Morgan fingerprint density at radius 1 is 1.21 bits per heavy atom. The summed E-state index contributed by atoms with van der Waals surface area (Å²) in [4.78, 5) is 26.8. The number of phenolic OH excluding ortho intramolecular Hbond substituents is 1. The van der Waals surface area contributed by atoms with Crippen LogP contribution in [0.15, 0.2) is 48.0 Å². The second kappa shape index (κ2) is 7.94. The molecule has 1 unspecified atom stereocenters. The zero-order chi connectivity index (χ0) is 20.4. The van der Waals surface area contributed by atoms with E-state index in [2.05, 4.69) is 0 Å². The third-order valence-corrected chi connectivity index (χ3v) is 4.91. The van der Waals surface area contributed by atoms with Crippen molar-refractivity contribution < 1.29 is 24.5 Å². The summed E-state index contributed by atoms with van der Waals surface area (Å²) >= 11 is 6.14. The van der Waals surface area contributed by atoms with Crippen molar-refractivity contribution in [3.63, 3.8) is 0 Å². The number of aliphatic hydroxyl groups excluding tert-OH is 1. The zero-order valence-corrected chi connectivity index (χ0v) is 16.2. The molecule has 1 fully saturated rings. The Hall–Kier alpha value is -2.99. The van der Waals surface area contributed by atoms with Gasteiger partial charge in [0, 0.05) is 12.1 Å². The number of nitrogens with zero attached hydrogens (tertiary/aromatic N) is 1. The van der Waals surface area contributed by atoms with E-state index in [1.807, 2.05) is 6.92 Å². The van der Waals surface area contributed by atoms with Crippen molar-refractivity contribution in [3.8, 4) is 11.5 Å². The summed E-state index contributed by atoms with van der Waals surface area (Å²) in [5, 5.41) is 21.0. The standard InChI is InChI=1S/C21H20ClNO5/c1-3-9-23-18(12-5-4-6-14(24)10-12)17(20(26)21(23)27)19(25)13-7-8-16(28-2)15(22)11-13/h4-8,10-11,18,24-25H,3,9H2,1-2H3/b19-17-. The highest BCUT2D eigenvalue weighted by Gasteiger charge is 2.45. The lowest BCUT2D eigenvalue weighted by atomic mass is 9.95. The molecule has 1 aliphatic rings. The summed E-state index contributed by atoms with van der Waals surface area (Å²) in [7, 11) is 1.47. The van der Waals surface area contributed by atoms with Gasteiger partial charge >= 0.3 is 0 Å². The number of halogens is 1. The number of carbonyl (C=O) groups excluding carboxylic acids is 2. The molecule has 1 saturated heterocycles. The van der Waals surface area contributed by atoms with Crippen molar-refractivity contribution in [2.45, 2.75) is 19.4 Å². The average molecular weight is 402 g/mol. The fourth-order valence-electron chi connectivity index (χ4n) is 3.36. The van der Waals surface area contributed by atoms with Crippen LogP contribution in [0.5, 0.6) is 11.5 Å². The molecule has 2 aromatic rings. The predicted octanol–water partition coefficient (Wildman–Crippen LogP) is 3.89. The third kappa shape index (κ3) is 3.43. The molecule has 2 aromatic carbocycles. The number of hydrogen-bond acceptors (Lipinski definition) is 5. The number of phenols is 1. The molecule has 0 radical (unpaired) electrons. The van der Waals surface area contributed by atoms with E-state index in [0.717, 1.165) is 0 Å². The average Bonchev–Trinajstić information content (AvgIpc) is 2.92. The molecule has 1 atom stereocenters. The predicted molar refractivity (Wildman–Crippen MR) is 105 cm³/mol.